The second-order valence-corrected chi connectivity index (χ2v) is 14.4. The SMILES string of the molecule is BC1(B)N(c2cc(C(=O)Nc3cc4nc(-c5cnc(C)n5C)ccc4cn3)ccn2)C(B)(B)C(B)(B)C(B)(B)C1(B)B. The number of hydrogen-bond acceptors (Lipinski definition) is 6. The monoisotopic (exact) mass is 547 g/mol. The van der Waals surface area contributed by atoms with Crippen LogP contribution in [-0.2, 0) is 7.05 Å². The van der Waals surface area contributed by atoms with E-state index in [0.29, 0.717) is 11.4 Å². The van der Waals surface area contributed by atoms with Crippen LogP contribution in [0.5, 0.6) is 0 Å². The summed E-state index contributed by atoms with van der Waals surface area (Å²) in [5.41, 5.74) is 3.02. The molecule has 1 saturated heterocycles. The van der Waals surface area contributed by atoms with Crippen molar-refractivity contribution in [1.82, 2.24) is 24.5 Å². The third-order valence-electron chi connectivity index (χ3n) is 11.8. The van der Waals surface area contributed by atoms with E-state index in [9.17, 15) is 4.79 Å². The van der Waals surface area contributed by atoms with Gasteiger partial charge in [0.1, 0.15) is 48.8 Å². The van der Waals surface area contributed by atoms with Gasteiger partial charge < -0.3 is 14.8 Å². The number of hydrogen-bond donors (Lipinski definition) is 1. The molecule has 0 spiro atoms. The van der Waals surface area contributed by atoms with Crippen LogP contribution in [0.4, 0.5) is 11.6 Å². The maximum Gasteiger partial charge on any atom is 0.257 e. The van der Waals surface area contributed by atoms with Gasteiger partial charge >= 0.3 is 0 Å². The van der Waals surface area contributed by atoms with E-state index < -0.39 is 0 Å². The van der Waals surface area contributed by atoms with Gasteiger partial charge in [0, 0.05) is 36.5 Å². The van der Waals surface area contributed by atoms with Gasteiger partial charge in [-0.15, -0.1) is 0 Å². The van der Waals surface area contributed by atoms with Crippen molar-refractivity contribution in [3.8, 4) is 11.4 Å². The second-order valence-electron chi connectivity index (χ2n) is 14.4. The summed E-state index contributed by atoms with van der Waals surface area (Å²) in [6, 6.07) is 9.42. The van der Waals surface area contributed by atoms with E-state index >= 15 is 0 Å². The molecule has 0 saturated carbocycles. The number of imidazole rings is 1. The Morgan fingerprint density at radius 3 is 2.05 bits per heavy atom. The van der Waals surface area contributed by atoms with Crippen LogP contribution in [0, 0.1) is 6.92 Å². The predicted octanol–water partition coefficient (Wildman–Crippen LogP) is -6.21. The minimum absolute atomic E-state index is 0.0176. The lowest BCUT2D eigenvalue weighted by Crippen LogP contribution is -2.81. The van der Waals surface area contributed by atoms with Crippen molar-refractivity contribution in [1.29, 1.82) is 0 Å². The van der Waals surface area contributed by atoms with Crippen molar-refractivity contribution in [2.45, 2.75) is 33.2 Å². The Hall–Kier alpha value is -3.16. The summed E-state index contributed by atoms with van der Waals surface area (Å²) >= 11 is 0. The van der Waals surface area contributed by atoms with Crippen molar-refractivity contribution in [2.24, 2.45) is 7.05 Å². The number of nitrogens with one attached hydrogen (secondary N) is 1. The van der Waals surface area contributed by atoms with Crippen molar-refractivity contribution < 1.29 is 4.79 Å². The summed E-state index contributed by atoms with van der Waals surface area (Å²) in [5, 5.41) is 3.23. The number of anilines is 2. The number of pyridine rings is 3. The summed E-state index contributed by atoms with van der Waals surface area (Å²) in [7, 11) is 25.4. The lowest BCUT2D eigenvalue weighted by molar-refractivity contribution is 0.102. The van der Waals surface area contributed by atoms with E-state index in [4.69, 9.17) is 9.97 Å². The van der Waals surface area contributed by atoms with Crippen molar-refractivity contribution in [3.63, 3.8) is 0 Å². The summed E-state index contributed by atoms with van der Waals surface area (Å²) < 4.78 is 2.01. The van der Waals surface area contributed by atoms with Gasteiger partial charge in [0.2, 0.25) is 0 Å². The van der Waals surface area contributed by atoms with E-state index in [0.717, 1.165) is 33.9 Å². The van der Waals surface area contributed by atoms with Gasteiger partial charge in [-0.3, -0.25) is 4.79 Å². The maximum absolute atomic E-state index is 13.6. The number of carbonyl (C=O) groups is 1. The summed E-state index contributed by atoms with van der Waals surface area (Å²) in [5.74, 6) is 1.91. The second kappa shape index (κ2) is 9.68. The summed E-state index contributed by atoms with van der Waals surface area (Å²) in [4.78, 5) is 34.5. The Balaban J connectivity index is 1.48. The van der Waals surface area contributed by atoms with E-state index in [2.05, 4.69) is 98.6 Å². The molecular formula is C24H35B10N7O. The molecule has 202 valence electrons. The van der Waals surface area contributed by atoms with E-state index in [1.165, 1.54) is 0 Å². The predicted molar refractivity (Wildman–Crippen MR) is 200 cm³/mol. The molecule has 42 heavy (non-hydrogen) atoms. The average molecular weight is 546 g/mol. The number of nitrogens with zero attached hydrogens (tertiary/aromatic N) is 6. The Morgan fingerprint density at radius 1 is 0.810 bits per heavy atom. The molecule has 5 heterocycles. The molecule has 1 aliphatic heterocycles. The number of fused-ring (bicyclic) bond motifs is 1. The first-order valence-corrected chi connectivity index (χ1v) is 14.7. The fourth-order valence-electron chi connectivity index (χ4n) is 6.98. The van der Waals surface area contributed by atoms with Gasteiger partial charge in [-0.25, -0.2) is 19.9 Å². The minimum atomic E-state index is -0.257. The van der Waals surface area contributed by atoms with Crippen LogP contribution in [0.2, 0.25) is 15.6 Å². The molecule has 0 unspecified atom stereocenters. The summed E-state index contributed by atoms with van der Waals surface area (Å²) in [6.45, 7) is 1.96. The maximum atomic E-state index is 13.6. The van der Waals surface area contributed by atoms with Gasteiger partial charge in [-0.1, -0.05) is 15.6 Å². The Kier molecular flexibility index (Phi) is 6.98. The Bertz CT molecular complexity index is 1690. The molecule has 0 radical (unpaired) electrons. The van der Waals surface area contributed by atoms with Gasteiger partial charge in [0.15, 0.2) is 0 Å². The zero-order valence-electron chi connectivity index (χ0n) is 27.2. The van der Waals surface area contributed by atoms with Crippen LogP contribution < -0.4 is 10.2 Å². The summed E-state index contributed by atoms with van der Waals surface area (Å²) in [6.07, 6.45) is 5.29. The van der Waals surface area contributed by atoms with Crippen LogP contribution in [0.1, 0.15) is 16.2 Å². The zero-order chi connectivity index (χ0) is 31.0. The number of rotatable bonds is 4. The highest BCUT2D eigenvalue weighted by molar-refractivity contribution is 6.71. The van der Waals surface area contributed by atoms with E-state index in [-0.39, 0.29) is 32.2 Å². The molecule has 8 nitrogen and oxygen atoms in total. The molecule has 1 amide bonds. The topological polar surface area (TPSA) is 88.8 Å². The molecule has 1 N–H and O–H groups in total. The highest BCUT2D eigenvalue weighted by atomic mass is 16.1. The van der Waals surface area contributed by atoms with Crippen molar-refractivity contribution in [2.75, 3.05) is 10.2 Å². The van der Waals surface area contributed by atoms with Gasteiger partial charge in [-0.2, -0.15) is 0 Å². The Morgan fingerprint density at radius 2 is 1.45 bits per heavy atom. The normalized spacial score (nSPS) is 19.7. The first-order chi connectivity index (χ1) is 19.3. The number of aromatic nitrogens is 5. The van der Waals surface area contributed by atoms with E-state index in [1.807, 2.05) is 49.0 Å². The van der Waals surface area contributed by atoms with Crippen molar-refractivity contribution >= 4 is 107 Å². The van der Waals surface area contributed by atoms with E-state index in [1.54, 1.807) is 18.5 Å². The number of aryl methyl sites for hydroxylation is 1. The van der Waals surface area contributed by atoms with Gasteiger partial charge in [0.25, 0.3) is 5.91 Å². The fraction of sp³-hybridized carbons (Fsp3) is 0.292. The van der Waals surface area contributed by atoms with Crippen LogP contribution in [0.3, 0.4) is 0 Å². The van der Waals surface area contributed by atoms with Crippen LogP contribution >= 0.6 is 0 Å². The molecule has 18 heteroatoms. The first-order valence-electron chi connectivity index (χ1n) is 14.7. The molecule has 4 aromatic rings. The lowest BCUT2D eigenvalue weighted by atomic mass is 9.05. The third-order valence-corrected chi connectivity index (χ3v) is 11.8. The molecule has 0 aromatic carbocycles. The lowest BCUT2D eigenvalue weighted by Gasteiger charge is -2.77. The van der Waals surface area contributed by atoms with Crippen LogP contribution in [-0.4, -0.2) is 120 Å². The highest BCUT2D eigenvalue weighted by Gasteiger charge is 2.66. The van der Waals surface area contributed by atoms with Gasteiger partial charge in [0.05, 0.1) is 70.2 Å². The molecule has 1 aliphatic rings. The number of carbonyl (C=O) groups excluding carboxylic acids is 1. The molecule has 0 bridgehead atoms. The van der Waals surface area contributed by atoms with Crippen LogP contribution in [0.25, 0.3) is 22.3 Å². The molecule has 1 fully saturated rings. The highest BCUT2D eigenvalue weighted by Crippen LogP contribution is 2.69. The zero-order valence-corrected chi connectivity index (χ0v) is 27.2. The molecule has 0 aliphatic carbocycles. The fourth-order valence-corrected chi connectivity index (χ4v) is 6.98. The molecular weight excluding hydrogens is 510 g/mol. The average Bonchev–Trinajstić information content (AvgIpc) is 3.25. The number of amides is 1. The quantitative estimate of drug-likeness (QED) is 0.257. The van der Waals surface area contributed by atoms with Crippen molar-refractivity contribution in [3.05, 3.63) is 60.3 Å². The third kappa shape index (κ3) is 4.22. The smallest absolute Gasteiger partial charge is 0.257 e. The van der Waals surface area contributed by atoms with Gasteiger partial charge in [-0.05, 0) is 41.9 Å². The largest absolute Gasteiger partial charge is 0.379 e. The first kappa shape index (κ1) is 30.3. The minimum Gasteiger partial charge on any atom is -0.379 e. The molecule has 4 aromatic heterocycles. The van der Waals surface area contributed by atoms with Crippen LogP contribution in [0.15, 0.2) is 48.9 Å². The standard InChI is InChI=1S/C24H35B10N7O/c1-11-36-10-16(40(11)2)14-4-3-13-9-37-17(8-15(13)38-14)39-19(42)12-5-6-35-18(7-12)41-23(31,32)21(27,28)20(25,26)22(29,30)24(41,33)34/h3-10H,25-34H2,1-2H3,(H,37,39,42). The molecule has 5 rings (SSSR count). The number of piperidine rings is 1. The Labute approximate surface area is 257 Å². The molecule has 0 atom stereocenters.